The molecular weight excluding hydrogens is 272 g/mol. The largest absolute Gasteiger partial charge is 0.353 e. The van der Waals surface area contributed by atoms with Crippen molar-refractivity contribution >= 4 is 0 Å². The van der Waals surface area contributed by atoms with Gasteiger partial charge in [-0.2, -0.15) is 0 Å². The van der Waals surface area contributed by atoms with Crippen LogP contribution in [-0.4, -0.2) is 19.5 Å². The van der Waals surface area contributed by atoms with Crippen LogP contribution in [0.2, 0.25) is 0 Å². The molecule has 0 rings (SSSR count). The van der Waals surface area contributed by atoms with Crippen molar-refractivity contribution in [3.63, 3.8) is 0 Å². The summed E-state index contributed by atoms with van der Waals surface area (Å²) in [5, 5.41) is 0. The molecule has 0 atom stereocenters. The lowest BCUT2D eigenvalue weighted by Gasteiger charge is -2.16. The van der Waals surface area contributed by atoms with Crippen molar-refractivity contribution < 1.29 is 9.47 Å². The maximum absolute atomic E-state index is 5.56. The molecule has 132 valence electrons. The second-order valence-electron chi connectivity index (χ2n) is 6.01. The van der Waals surface area contributed by atoms with Gasteiger partial charge in [-0.3, -0.25) is 0 Å². The van der Waals surface area contributed by atoms with Gasteiger partial charge in [-0.25, -0.2) is 0 Å². The van der Waals surface area contributed by atoms with Crippen molar-refractivity contribution in [1.82, 2.24) is 0 Å². The first-order valence-electron chi connectivity index (χ1n) is 9.73. The van der Waals surface area contributed by atoms with Gasteiger partial charge >= 0.3 is 0 Å². The molecule has 0 aromatic heterocycles. The number of ether oxygens (including phenoxy) is 2. The van der Waals surface area contributed by atoms with Crippen LogP contribution in [0.4, 0.5) is 0 Å². The highest BCUT2D eigenvalue weighted by Gasteiger charge is 2.06. The standard InChI is InChI=1S/C20H40O2/c1-4-7-8-9-10-11-12-13-14-15-16-17-18-19-20(21-5-2)22-6-3/h11-12,20H,4-10,13-19H2,1-3H3/b12-11-. The summed E-state index contributed by atoms with van der Waals surface area (Å²) in [7, 11) is 0. The molecule has 0 N–H and O–H groups in total. The first-order valence-corrected chi connectivity index (χ1v) is 9.73. The molecule has 0 saturated heterocycles. The molecule has 0 aliphatic rings. The Hall–Kier alpha value is -0.340. The lowest BCUT2D eigenvalue weighted by Crippen LogP contribution is -2.17. The number of allylic oxidation sites excluding steroid dienone is 2. The predicted octanol–water partition coefficient (Wildman–Crippen LogP) is 6.64. The van der Waals surface area contributed by atoms with E-state index in [4.69, 9.17) is 9.47 Å². The van der Waals surface area contributed by atoms with Crippen molar-refractivity contribution in [2.24, 2.45) is 0 Å². The number of rotatable bonds is 17. The van der Waals surface area contributed by atoms with E-state index < -0.39 is 0 Å². The van der Waals surface area contributed by atoms with E-state index in [1.807, 2.05) is 13.8 Å². The Balaban J connectivity index is 3.26. The summed E-state index contributed by atoms with van der Waals surface area (Å²) in [6.45, 7) is 7.82. The van der Waals surface area contributed by atoms with E-state index in [0.29, 0.717) is 0 Å². The third-order valence-corrected chi connectivity index (χ3v) is 3.91. The zero-order valence-electron chi connectivity index (χ0n) is 15.4. The Morgan fingerprint density at radius 1 is 0.636 bits per heavy atom. The molecule has 0 radical (unpaired) electrons. The van der Waals surface area contributed by atoms with Gasteiger partial charge in [0.1, 0.15) is 0 Å². The summed E-state index contributed by atoms with van der Waals surface area (Å²) >= 11 is 0. The Morgan fingerprint density at radius 2 is 1.14 bits per heavy atom. The van der Waals surface area contributed by atoms with E-state index in [1.165, 1.54) is 70.6 Å². The normalized spacial score (nSPS) is 11.8. The summed E-state index contributed by atoms with van der Waals surface area (Å²) in [5.41, 5.74) is 0. The molecule has 0 aromatic rings. The van der Waals surface area contributed by atoms with Crippen LogP contribution in [0.15, 0.2) is 12.2 Å². The van der Waals surface area contributed by atoms with Crippen LogP contribution < -0.4 is 0 Å². The molecule has 0 aliphatic carbocycles. The van der Waals surface area contributed by atoms with Gasteiger partial charge in [0.25, 0.3) is 0 Å². The van der Waals surface area contributed by atoms with Gasteiger partial charge in [0.05, 0.1) is 0 Å². The zero-order valence-corrected chi connectivity index (χ0v) is 15.4. The molecule has 0 unspecified atom stereocenters. The minimum Gasteiger partial charge on any atom is -0.353 e. The SMILES string of the molecule is CCCCCC/C=C\CCCCCCCC(OCC)OCC. The van der Waals surface area contributed by atoms with Gasteiger partial charge in [-0.1, -0.05) is 57.6 Å². The van der Waals surface area contributed by atoms with E-state index in [-0.39, 0.29) is 6.29 Å². The number of hydrogen-bond donors (Lipinski definition) is 0. The van der Waals surface area contributed by atoms with E-state index in [1.54, 1.807) is 0 Å². The van der Waals surface area contributed by atoms with Crippen LogP contribution in [0.3, 0.4) is 0 Å². The smallest absolute Gasteiger partial charge is 0.157 e. The van der Waals surface area contributed by atoms with Gasteiger partial charge in [0.15, 0.2) is 6.29 Å². The van der Waals surface area contributed by atoms with E-state index in [9.17, 15) is 0 Å². The molecule has 0 fully saturated rings. The molecule has 2 nitrogen and oxygen atoms in total. The quantitative estimate of drug-likeness (QED) is 0.170. The molecule has 2 heteroatoms. The van der Waals surface area contributed by atoms with Crippen LogP contribution in [0.25, 0.3) is 0 Å². The average molecular weight is 313 g/mol. The molecular formula is C20H40O2. The number of unbranched alkanes of at least 4 members (excludes halogenated alkanes) is 9. The minimum atomic E-state index is 0.0191. The van der Waals surface area contributed by atoms with Crippen molar-refractivity contribution in [3.05, 3.63) is 12.2 Å². The third-order valence-electron chi connectivity index (χ3n) is 3.91. The zero-order chi connectivity index (χ0) is 16.3. The molecule has 0 saturated carbocycles. The highest BCUT2D eigenvalue weighted by Crippen LogP contribution is 2.12. The van der Waals surface area contributed by atoms with Crippen LogP contribution in [0.1, 0.15) is 97.8 Å². The maximum atomic E-state index is 5.56. The van der Waals surface area contributed by atoms with E-state index in [2.05, 4.69) is 19.1 Å². The summed E-state index contributed by atoms with van der Waals surface area (Å²) in [4.78, 5) is 0. The van der Waals surface area contributed by atoms with Gasteiger partial charge in [-0.15, -0.1) is 0 Å². The van der Waals surface area contributed by atoms with E-state index >= 15 is 0 Å². The Bertz CT molecular complexity index is 220. The van der Waals surface area contributed by atoms with Crippen molar-refractivity contribution in [2.75, 3.05) is 13.2 Å². The highest BCUT2D eigenvalue weighted by atomic mass is 16.7. The average Bonchev–Trinajstić information content (AvgIpc) is 2.52. The second kappa shape index (κ2) is 18.7. The monoisotopic (exact) mass is 312 g/mol. The fourth-order valence-electron chi connectivity index (χ4n) is 2.61. The molecule has 0 amide bonds. The second-order valence-corrected chi connectivity index (χ2v) is 6.01. The lowest BCUT2D eigenvalue weighted by molar-refractivity contribution is -0.140. The van der Waals surface area contributed by atoms with Gasteiger partial charge in [-0.05, 0) is 52.4 Å². The van der Waals surface area contributed by atoms with Gasteiger partial charge < -0.3 is 9.47 Å². The summed E-state index contributed by atoms with van der Waals surface area (Å²) in [6.07, 6.45) is 20.4. The molecule has 22 heavy (non-hydrogen) atoms. The van der Waals surface area contributed by atoms with Crippen LogP contribution in [0, 0.1) is 0 Å². The Labute approximate surface area is 139 Å². The van der Waals surface area contributed by atoms with E-state index in [0.717, 1.165) is 19.6 Å². The fraction of sp³-hybridized carbons (Fsp3) is 0.900. The summed E-state index contributed by atoms with van der Waals surface area (Å²) in [5.74, 6) is 0. The van der Waals surface area contributed by atoms with Crippen LogP contribution >= 0.6 is 0 Å². The first kappa shape index (κ1) is 21.7. The lowest BCUT2D eigenvalue weighted by atomic mass is 10.1. The van der Waals surface area contributed by atoms with Crippen molar-refractivity contribution in [3.8, 4) is 0 Å². The van der Waals surface area contributed by atoms with Gasteiger partial charge in [0, 0.05) is 13.2 Å². The molecule has 0 spiro atoms. The van der Waals surface area contributed by atoms with Crippen LogP contribution in [-0.2, 0) is 9.47 Å². The first-order chi connectivity index (χ1) is 10.8. The van der Waals surface area contributed by atoms with Gasteiger partial charge in [0.2, 0.25) is 0 Å². The maximum Gasteiger partial charge on any atom is 0.157 e. The van der Waals surface area contributed by atoms with Crippen molar-refractivity contribution in [1.29, 1.82) is 0 Å². The minimum absolute atomic E-state index is 0.0191. The highest BCUT2D eigenvalue weighted by molar-refractivity contribution is 4.81. The molecule has 0 heterocycles. The molecule has 0 aliphatic heterocycles. The topological polar surface area (TPSA) is 18.5 Å². The molecule has 0 bridgehead atoms. The summed E-state index contributed by atoms with van der Waals surface area (Å²) in [6, 6.07) is 0. The predicted molar refractivity (Wildman–Crippen MR) is 97.3 cm³/mol. The number of hydrogen-bond acceptors (Lipinski definition) is 2. The summed E-state index contributed by atoms with van der Waals surface area (Å²) < 4.78 is 11.1. The Kier molecular flexibility index (Phi) is 18.4. The van der Waals surface area contributed by atoms with Crippen LogP contribution in [0.5, 0.6) is 0 Å². The van der Waals surface area contributed by atoms with Crippen molar-refractivity contribution in [2.45, 2.75) is 104 Å². The third kappa shape index (κ3) is 16.0. The fourth-order valence-corrected chi connectivity index (χ4v) is 2.61. The Morgan fingerprint density at radius 3 is 1.68 bits per heavy atom. The molecule has 0 aromatic carbocycles.